The maximum absolute atomic E-state index is 5.76. The lowest BCUT2D eigenvalue weighted by Crippen LogP contribution is -2.33. The number of nitrogens with two attached hydrogens (primary N) is 1. The van der Waals surface area contributed by atoms with Gasteiger partial charge in [0.05, 0.1) is 20.8 Å². The van der Waals surface area contributed by atoms with Crippen molar-refractivity contribution < 1.29 is 14.2 Å². The Morgan fingerprint density at radius 3 is 2.27 bits per heavy atom. The monoisotopic (exact) mass is 309 g/mol. The summed E-state index contributed by atoms with van der Waals surface area (Å²) >= 11 is 0. The molecule has 22 heavy (non-hydrogen) atoms. The van der Waals surface area contributed by atoms with Crippen molar-refractivity contribution in [2.24, 2.45) is 16.6 Å². The van der Waals surface area contributed by atoms with Crippen LogP contribution in [0, 0.1) is 5.92 Å². The zero-order valence-electron chi connectivity index (χ0n) is 13.9. The van der Waals surface area contributed by atoms with E-state index in [0.29, 0.717) is 36.5 Å². The van der Waals surface area contributed by atoms with Gasteiger partial charge in [-0.2, -0.15) is 0 Å². The Kier molecular flexibility index (Phi) is 7.96. The van der Waals surface area contributed by atoms with Crippen molar-refractivity contribution in [2.75, 3.05) is 33.9 Å². The average Bonchev–Trinajstić information content (AvgIpc) is 2.52. The Labute approximate surface area is 132 Å². The molecule has 6 heteroatoms. The van der Waals surface area contributed by atoms with Gasteiger partial charge < -0.3 is 25.3 Å². The van der Waals surface area contributed by atoms with Crippen LogP contribution in [0.25, 0.3) is 0 Å². The third-order valence-corrected chi connectivity index (χ3v) is 2.85. The second-order valence-corrected chi connectivity index (χ2v) is 5.30. The first-order valence-corrected chi connectivity index (χ1v) is 7.44. The van der Waals surface area contributed by atoms with E-state index in [1.54, 1.807) is 20.3 Å². The Hall–Kier alpha value is -2.11. The molecule has 0 aromatic heterocycles. The number of rotatable bonds is 9. The molecule has 124 valence electrons. The second-order valence-electron chi connectivity index (χ2n) is 5.30. The fourth-order valence-corrected chi connectivity index (χ4v) is 1.68. The van der Waals surface area contributed by atoms with Crippen molar-refractivity contribution in [1.29, 1.82) is 0 Å². The number of benzene rings is 1. The van der Waals surface area contributed by atoms with E-state index in [-0.39, 0.29) is 0 Å². The van der Waals surface area contributed by atoms with Crippen LogP contribution in [0.2, 0.25) is 0 Å². The molecule has 0 radical (unpaired) electrons. The first kappa shape index (κ1) is 17.9. The van der Waals surface area contributed by atoms with E-state index >= 15 is 0 Å². The summed E-state index contributed by atoms with van der Waals surface area (Å²) in [4.78, 5) is 4.23. The topological polar surface area (TPSA) is 78.1 Å². The molecule has 0 aliphatic rings. The molecule has 0 spiro atoms. The molecule has 0 aliphatic heterocycles. The van der Waals surface area contributed by atoms with Crippen molar-refractivity contribution in [3.8, 4) is 17.2 Å². The van der Waals surface area contributed by atoms with Crippen molar-refractivity contribution in [3.05, 3.63) is 18.2 Å². The van der Waals surface area contributed by atoms with Crippen LogP contribution in [0.4, 0.5) is 0 Å². The van der Waals surface area contributed by atoms with Gasteiger partial charge in [-0.3, -0.25) is 4.99 Å². The van der Waals surface area contributed by atoms with Crippen molar-refractivity contribution in [1.82, 2.24) is 5.32 Å². The fourth-order valence-electron chi connectivity index (χ4n) is 1.68. The van der Waals surface area contributed by atoms with Gasteiger partial charge in [0, 0.05) is 31.3 Å². The van der Waals surface area contributed by atoms with E-state index in [9.17, 15) is 0 Å². The molecule has 3 N–H and O–H groups in total. The minimum Gasteiger partial charge on any atom is -0.496 e. The van der Waals surface area contributed by atoms with Crippen molar-refractivity contribution in [3.63, 3.8) is 0 Å². The summed E-state index contributed by atoms with van der Waals surface area (Å²) in [6, 6.07) is 5.46. The van der Waals surface area contributed by atoms with Gasteiger partial charge in [-0.05, 0) is 12.3 Å². The number of ether oxygens (including phenoxy) is 3. The van der Waals surface area contributed by atoms with Crippen LogP contribution in [0.5, 0.6) is 17.2 Å². The summed E-state index contributed by atoms with van der Waals surface area (Å²) in [6.07, 6.45) is 0.817. The number of methoxy groups -OCH3 is 2. The lowest BCUT2D eigenvalue weighted by molar-refractivity contribution is 0.305. The lowest BCUT2D eigenvalue weighted by Gasteiger charge is -2.11. The predicted molar refractivity (Wildman–Crippen MR) is 89.0 cm³/mol. The molecular weight excluding hydrogens is 282 g/mol. The van der Waals surface area contributed by atoms with Gasteiger partial charge in [0.15, 0.2) is 5.96 Å². The van der Waals surface area contributed by atoms with Gasteiger partial charge >= 0.3 is 0 Å². The number of nitrogens with one attached hydrogen (secondary N) is 1. The maximum atomic E-state index is 5.76. The zero-order valence-corrected chi connectivity index (χ0v) is 13.9. The normalized spacial score (nSPS) is 11.4. The standard InChI is InChI=1S/C16H27N3O3/c1-12(2)11-19-16(17)18-6-5-7-22-15-9-13(20-3)8-14(10-15)21-4/h8-10,12H,5-7,11H2,1-4H3,(H3,17,18,19). The number of nitrogens with zero attached hydrogens (tertiary/aromatic N) is 1. The van der Waals surface area contributed by atoms with Gasteiger partial charge in [-0.1, -0.05) is 13.8 Å². The molecule has 0 amide bonds. The summed E-state index contributed by atoms with van der Waals surface area (Å²) in [5.41, 5.74) is 5.76. The molecule has 0 saturated carbocycles. The highest BCUT2D eigenvalue weighted by atomic mass is 16.5. The molecule has 0 unspecified atom stereocenters. The largest absolute Gasteiger partial charge is 0.496 e. The third-order valence-electron chi connectivity index (χ3n) is 2.85. The summed E-state index contributed by atoms with van der Waals surface area (Å²) in [5, 5.41) is 3.07. The van der Waals surface area contributed by atoms with E-state index < -0.39 is 0 Å². The molecule has 1 aromatic carbocycles. The first-order valence-electron chi connectivity index (χ1n) is 7.44. The Morgan fingerprint density at radius 2 is 1.73 bits per heavy atom. The van der Waals surface area contributed by atoms with Crippen LogP contribution in [0.3, 0.4) is 0 Å². The second kappa shape index (κ2) is 9.76. The Morgan fingerprint density at radius 1 is 1.14 bits per heavy atom. The zero-order chi connectivity index (χ0) is 16.4. The molecule has 0 aliphatic carbocycles. The first-order chi connectivity index (χ1) is 10.5. The summed E-state index contributed by atoms with van der Waals surface area (Å²) < 4.78 is 16.1. The van der Waals surface area contributed by atoms with Gasteiger partial charge in [0.1, 0.15) is 17.2 Å². The van der Waals surface area contributed by atoms with E-state index in [4.69, 9.17) is 19.9 Å². The van der Waals surface area contributed by atoms with Crippen LogP contribution in [-0.4, -0.2) is 39.9 Å². The lowest BCUT2D eigenvalue weighted by atomic mass is 10.2. The molecule has 0 heterocycles. The summed E-state index contributed by atoms with van der Waals surface area (Å²) in [6.45, 7) is 6.23. The predicted octanol–water partition coefficient (Wildman–Crippen LogP) is 2.03. The molecule has 6 nitrogen and oxygen atoms in total. The smallest absolute Gasteiger partial charge is 0.188 e. The number of hydrogen-bond acceptors (Lipinski definition) is 4. The SMILES string of the molecule is COc1cc(OC)cc(OCCCNC(N)=NCC(C)C)c1. The van der Waals surface area contributed by atoms with Gasteiger partial charge in [-0.15, -0.1) is 0 Å². The van der Waals surface area contributed by atoms with Gasteiger partial charge in [0.25, 0.3) is 0 Å². The number of guanidine groups is 1. The quantitative estimate of drug-likeness (QED) is 0.414. The van der Waals surface area contributed by atoms with E-state index in [1.807, 2.05) is 12.1 Å². The maximum Gasteiger partial charge on any atom is 0.188 e. The van der Waals surface area contributed by atoms with E-state index in [1.165, 1.54) is 0 Å². The average molecular weight is 309 g/mol. The van der Waals surface area contributed by atoms with Crippen LogP contribution >= 0.6 is 0 Å². The highest BCUT2D eigenvalue weighted by Crippen LogP contribution is 2.27. The number of aliphatic imine (C=N–C) groups is 1. The van der Waals surface area contributed by atoms with Crippen LogP contribution in [0.15, 0.2) is 23.2 Å². The van der Waals surface area contributed by atoms with Crippen molar-refractivity contribution in [2.45, 2.75) is 20.3 Å². The molecule has 0 saturated heterocycles. The molecular formula is C16H27N3O3. The molecule has 1 rings (SSSR count). The highest BCUT2D eigenvalue weighted by Gasteiger charge is 2.02. The van der Waals surface area contributed by atoms with Gasteiger partial charge in [0.2, 0.25) is 0 Å². The fraction of sp³-hybridized carbons (Fsp3) is 0.562. The Bertz CT molecular complexity index is 453. The Balaban J connectivity index is 2.31. The number of hydrogen-bond donors (Lipinski definition) is 2. The van der Waals surface area contributed by atoms with E-state index in [2.05, 4.69) is 24.2 Å². The van der Waals surface area contributed by atoms with Crippen LogP contribution < -0.4 is 25.3 Å². The van der Waals surface area contributed by atoms with Gasteiger partial charge in [-0.25, -0.2) is 0 Å². The van der Waals surface area contributed by atoms with Crippen LogP contribution in [-0.2, 0) is 0 Å². The van der Waals surface area contributed by atoms with E-state index in [0.717, 1.165) is 18.7 Å². The molecule has 0 atom stereocenters. The summed E-state index contributed by atoms with van der Waals surface area (Å²) in [5.74, 6) is 3.12. The summed E-state index contributed by atoms with van der Waals surface area (Å²) in [7, 11) is 3.23. The molecule has 0 fully saturated rings. The minimum atomic E-state index is 0.483. The third kappa shape index (κ3) is 7.06. The molecule has 0 bridgehead atoms. The van der Waals surface area contributed by atoms with Crippen molar-refractivity contribution >= 4 is 5.96 Å². The van der Waals surface area contributed by atoms with Crippen LogP contribution in [0.1, 0.15) is 20.3 Å². The molecule has 1 aromatic rings. The minimum absolute atomic E-state index is 0.483. The highest BCUT2D eigenvalue weighted by molar-refractivity contribution is 5.77.